The van der Waals surface area contributed by atoms with Crippen molar-refractivity contribution in [3.63, 3.8) is 0 Å². The SMILES string of the molecule is COc1ccc(C(OCCNCCO[Si](C)(C)C(C)(C)C)(c2ccccc2)c2ccc(OC)cc2)cc1. The van der Waals surface area contributed by atoms with E-state index in [1.165, 1.54) is 0 Å². The first-order valence-corrected chi connectivity index (χ1v) is 15.9. The maximum absolute atomic E-state index is 6.86. The van der Waals surface area contributed by atoms with E-state index in [1.54, 1.807) is 14.2 Å². The molecule has 0 atom stereocenters. The van der Waals surface area contributed by atoms with E-state index in [2.05, 4.69) is 87.7 Å². The molecule has 0 saturated carbocycles. The van der Waals surface area contributed by atoms with Crippen molar-refractivity contribution in [3.05, 3.63) is 95.6 Å². The molecule has 6 heteroatoms. The van der Waals surface area contributed by atoms with Gasteiger partial charge in [-0.05, 0) is 59.1 Å². The number of nitrogens with one attached hydrogen (secondary N) is 1. The Kier molecular flexibility index (Phi) is 9.96. The average molecular weight is 522 g/mol. The van der Waals surface area contributed by atoms with Crippen molar-refractivity contribution in [3.8, 4) is 11.5 Å². The van der Waals surface area contributed by atoms with Crippen molar-refractivity contribution in [1.29, 1.82) is 0 Å². The summed E-state index contributed by atoms with van der Waals surface area (Å²) in [6, 6.07) is 26.6. The second-order valence-corrected chi connectivity index (χ2v) is 15.5. The van der Waals surface area contributed by atoms with Gasteiger partial charge in [0.1, 0.15) is 17.1 Å². The highest BCUT2D eigenvalue weighted by atomic mass is 28.4. The van der Waals surface area contributed by atoms with Crippen LogP contribution >= 0.6 is 0 Å². The molecular weight excluding hydrogens is 478 g/mol. The largest absolute Gasteiger partial charge is 0.497 e. The molecule has 37 heavy (non-hydrogen) atoms. The van der Waals surface area contributed by atoms with Crippen molar-refractivity contribution < 1.29 is 18.6 Å². The Morgan fingerprint density at radius 2 is 1.11 bits per heavy atom. The summed E-state index contributed by atoms with van der Waals surface area (Å²) in [5.41, 5.74) is 2.34. The molecule has 0 aliphatic carbocycles. The molecule has 0 saturated heterocycles. The summed E-state index contributed by atoms with van der Waals surface area (Å²) in [5, 5.41) is 3.72. The predicted molar refractivity (Wildman–Crippen MR) is 154 cm³/mol. The molecule has 0 amide bonds. The number of hydrogen-bond donors (Lipinski definition) is 1. The Balaban J connectivity index is 1.83. The van der Waals surface area contributed by atoms with E-state index < -0.39 is 13.9 Å². The topological polar surface area (TPSA) is 49.0 Å². The number of methoxy groups -OCH3 is 2. The summed E-state index contributed by atoms with van der Waals surface area (Å²) in [5.74, 6) is 1.62. The van der Waals surface area contributed by atoms with Crippen molar-refractivity contribution >= 4 is 8.32 Å². The molecule has 0 heterocycles. The summed E-state index contributed by atoms with van der Waals surface area (Å²) < 4.78 is 24.0. The summed E-state index contributed by atoms with van der Waals surface area (Å²) >= 11 is 0. The number of rotatable bonds is 13. The highest BCUT2D eigenvalue weighted by Gasteiger charge is 2.38. The highest BCUT2D eigenvalue weighted by Crippen LogP contribution is 2.41. The lowest BCUT2D eigenvalue weighted by Gasteiger charge is -2.36. The van der Waals surface area contributed by atoms with Gasteiger partial charge >= 0.3 is 0 Å². The molecule has 0 spiro atoms. The summed E-state index contributed by atoms with van der Waals surface area (Å²) in [7, 11) is 1.62. The lowest BCUT2D eigenvalue weighted by molar-refractivity contribution is 0.0146. The molecule has 3 aromatic rings. The van der Waals surface area contributed by atoms with E-state index >= 15 is 0 Å². The lowest BCUT2D eigenvalue weighted by atomic mass is 9.80. The lowest BCUT2D eigenvalue weighted by Crippen LogP contribution is -2.42. The van der Waals surface area contributed by atoms with Gasteiger partial charge in [-0.2, -0.15) is 0 Å². The van der Waals surface area contributed by atoms with Crippen molar-refractivity contribution in [2.24, 2.45) is 0 Å². The van der Waals surface area contributed by atoms with Gasteiger partial charge in [0.2, 0.25) is 0 Å². The minimum atomic E-state index is -1.74. The molecule has 0 unspecified atom stereocenters. The first-order chi connectivity index (χ1) is 17.6. The van der Waals surface area contributed by atoms with E-state index in [1.807, 2.05) is 30.3 Å². The fourth-order valence-corrected chi connectivity index (χ4v) is 5.12. The van der Waals surface area contributed by atoms with Crippen LogP contribution in [0.15, 0.2) is 78.9 Å². The standard InChI is InChI=1S/C31H43NO4Si/c1-30(2,3)37(6,7)36-24-22-32-21-23-35-31(25-11-9-8-10-12-25,26-13-17-28(33-4)18-14-26)27-15-19-29(34-5)20-16-27/h8-20,32H,21-24H2,1-7H3. The van der Waals surface area contributed by atoms with Crippen LogP contribution in [0.1, 0.15) is 37.5 Å². The smallest absolute Gasteiger partial charge is 0.192 e. The number of hydrogen-bond acceptors (Lipinski definition) is 5. The minimum absolute atomic E-state index is 0.210. The number of ether oxygens (including phenoxy) is 3. The third-order valence-corrected chi connectivity index (χ3v) is 11.9. The van der Waals surface area contributed by atoms with Gasteiger partial charge in [0, 0.05) is 19.7 Å². The van der Waals surface area contributed by atoms with Gasteiger partial charge in [0.25, 0.3) is 0 Å². The highest BCUT2D eigenvalue weighted by molar-refractivity contribution is 6.74. The molecule has 0 radical (unpaired) electrons. The molecule has 5 nitrogen and oxygen atoms in total. The molecule has 0 fully saturated rings. The fourth-order valence-electron chi connectivity index (χ4n) is 4.07. The number of benzene rings is 3. The van der Waals surface area contributed by atoms with Crippen LogP contribution in [0.25, 0.3) is 0 Å². The Morgan fingerprint density at radius 3 is 1.57 bits per heavy atom. The van der Waals surface area contributed by atoms with Crippen LogP contribution in [0.4, 0.5) is 0 Å². The zero-order chi connectivity index (χ0) is 26.9. The van der Waals surface area contributed by atoms with Gasteiger partial charge in [-0.25, -0.2) is 0 Å². The van der Waals surface area contributed by atoms with Gasteiger partial charge < -0.3 is 24.0 Å². The van der Waals surface area contributed by atoms with Crippen LogP contribution in [0, 0.1) is 0 Å². The Labute approximate surface area is 224 Å². The van der Waals surface area contributed by atoms with Crippen LogP contribution in [-0.2, 0) is 14.8 Å². The predicted octanol–water partition coefficient (Wildman–Crippen LogP) is 6.62. The van der Waals surface area contributed by atoms with E-state index in [9.17, 15) is 0 Å². The molecule has 3 aromatic carbocycles. The third kappa shape index (κ3) is 7.02. The first-order valence-electron chi connectivity index (χ1n) is 13.0. The maximum Gasteiger partial charge on any atom is 0.192 e. The van der Waals surface area contributed by atoms with Crippen LogP contribution in [0.3, 0.4) is 0 Å². The van der Waals surface area contributed by atoms with Crippen molar-refractivity contribution in [2.75, 3.05) is 40.5 Å². The van der Waals surface area contributed by atoms with Crippen LogP contribution in [0.2, 0.25) is 18.1 Å². The monoisotopic (exact) mass is 521 g/mol. The summed E-state index contributed by atoms with van der Waals surface area (Å²) in [6.07, 6.45) is 0. The molecular formula is C31H43NO4Si. The van der Waals surface area contributed by atoms with Crippen molar-refractivity contribution in [2.45, 2.75) is 44.5 Å². The molecule has 0 aliphatic heterocycles. The van der Waals surface area contributed by atoms with E-state index in [4.69, 9.17) is 18.6 Å². The summed E-state index contributed by atoms with van der Waals surface area (Å²) in [6.45, 7) is 14.1. The average Bonchev–Trinajstić information content (AvgIpc) is 2.90. The van der Waals surface area contributed by atoms with E-state index in [-0.39, 0.29) is 5.04 Å². The quantitative estimate of drug-likeness (QED) is 0.156. The van der Waals surface area contributed by atoms with Gasteiger partial charge in [-0.3, -0.25) is 0 Å². The Bertz CT molecular complexity index is 1030. The molecule has 3 rings (SSSR count). The maximum atomic E-state index is 6.86. The zero-order valence-electron chi connectivity index (χ0n) is 23.5. The van der Waals surface area contributed by atoms with Crippen LogP contribution in [-0.4, -0.2) is 48.8 Å². The van der Waals surface area contributed by atoms with Crippen LogP contribution < -0.4 is 14.8 Å². The van der Waals surface area contributed by atoms with Crippen molar-refractivity contribution in [1.82, 2.24) is 5.32 Å². The van der Waals surface area contributed by atoms with E-state index in [0.29, 0.717) is 19.8 Å². The zero-order valence-corrected chi connectivity index (χ0v) is 24.5. The molecule has 1 N–H and O–H groups in total. The van der Waals surface area contributed by atoms with Gasteiger partial charge in [0.05, 0.1) is 20.8 Å². The summed E-state index contributed by atoms with van der Waals surface area (Å²) in [4.78, 5) is 0. The van der Waals surface area contributed by atoms with Gasteiger partial charge in [-0.1, -0.05) is 75.4 Å². The Hall–Kier alpha value is -2.64. The van der Waals surface area contributed by atoms with Gasteiger partial charge in [-0.15, -0.1) is 0 Å². The fraction of sp³-hybridized carbons (Fsp3) is 0.419. The second-order valence-electron chi connectivity index (χ2n) is 10.7. The Morgan fingerprint density at radius 1 is 0.649 bits per heavy atom. The van der Waals surface area contributed by atoms with Crippen LogP contribution in [0.5, 0.6) is 11.5 Å². The normalized spacial score (nSPS) is 12.4. The third-order valence-electron chi connectivity index (χ3n) is 7.32. The first kappa shape index (κ1) is 28.9. The molecule has 0 aliphatic rings. The molecule has 0 aromatic heterocycles. The minimum Gasteiger partial charge on any atom is -0.497 e. The van der Waals surface area contributed by atoms with Gasteiger partial charge in [0.15, 0.2) is 8.32 Å². The molecule has 0 bridgehead atoms. The molecule has 200 valence electrons. The van der Waals surface area contributed by atoms with E-state index in [0.717, 1.165) is 34.7 Å². The second kappa shape index (κ2) is 12.7.